The lowest BCUT2D eigenvalue weighted by atomic mass is 9.88. The lowest BCUT2D eigenvalue weighted by Gasteiger charge is -2.32. The van der Waals surface area contributed by atoms with E-state index < -0.39 is 0 Å². The molecule has 212 valence electrons. The molecule has 1 aliphatic heterocycles. The first-order valence-electron chi connectivity index (χ1n) is 14.3. The minimum Gasteiger partial charge on any atom is -0.497 e. The molecule has 0 radical (unpaired) electrons. The first kappa shape index (κ1) is 29.3. The van der Waals surface area contributed by atoms with Crippen LogP contribution in [0, 0.1) is 18.7 Å². The number of primary amides is 1. The highest BCUT2D eigenvalue weighted by Crippen LogP contribution is 2.35. The number of fused-ring (bicyclic) bond motifs is 1. The Morgan fingerprint density at radius 3 is 2.45 bits per heavy atom. The Morgan fingerprint density at radius 1 is 1.07 bits per heavy atom. The van der Waals surface area contributed by atoms with E-state index in [1.54, 1.807) is 27.0 Å². The highest BCUT2D eigenvalue weighted by Gasteiger charge is 2.21. The molecule has 1 aliphatic rings. The molecule has 1 fully saturated rings. The molecule has 0 spiro atoms. The number of benzene rings is 3. The number of rotatable bonds is 8. The number of hydrogen-bond donors (Lipinski definition) is 2. The zero-order valence-electron chi connectivity index (χ0n) is 24.2. The number of H-pyrrole nitrogens is 1. The molecule has 2 heterocycles. The number of ether oxygens (including phenoxy) is 1. The smallest absolute Gasteiger partial charge is 0.219 e. The summed E-state index contributed by atoms with van der Waals surface area (Å²) in [5.41, 5.74) is 11.3. The van der Waals surface area contributed by atoms with E-state index in [-0.39, 0.29) is 17.6 Å². The number of aromatic amines is 1. The predicted molar refractivity (Wildman–Crippen MR) is 162 cm³/mol. The molecule has 0 unspecified atom stereocenters. The van der Waals surface area contributed by atoms with Crippen molar-refractivity contribution >= 4 is 16.8 Å². The molecule has 1 saturated heterocycles. The molecule has 1 amide bonds. The van der Waals surface area contributed by atoms with Crippen LogP contribution >= 0.6 is 0 Å². The van der Waals surface area contributed by atoms with Crippen molar-refractivity contribution in [1.82, 2.24) is 9.88 Å². The molecule has 5 nitrogen and oxygen atoms in total. The second-order valence-electron chi connectivity index (χ2n) is 11.1. The summed E-state index contributed by atoms with van der Waals surface area (Å²) >= 11 is 0. The summed E-state index contributed by atoms with van der Waals surface area (Å²) < 4.78 is 20.2. The van der Waals surface area contributed by atoms with Gasteiger partial charge in [-0.3, -0.25) is 4.79 Å². The summed E-state index contributed by atoms with van der Waals surface area (Å²) in [4.78, 5) is 16.0. The van der Waals surface area contributed by atoms with E-state index in [1.165, 1.54) is 35.6 Å². The average Bonchev–Trinajstić information content (AvgIpc) is 3.31. The molecule has 3 N–H and O–H groups in total. The van der Waals surface area contributed by atoms with Crippen LogP contribution in [0.5, 0.6) is 5.75 Å². The van der Waals surface area contributed by atoms with Gasteiger partial charge in [0.15, 0.2) is 0 Å². The van der Waals surface area contributed by atoms with Crippen LogP contribution in [0.15, 0.2) is 66.7 Å². The number of hydrogen-bond acceptors (Lipinski definition) is 3. The van der Waals surface area contributed by atoms with Crippen LogP contribution in [0.25, 0.3) is 22.2 Å². The van der Waals surface area contributed by atoms with E-state index in [9.17, 15) is 9.18 Å². The summed E-state index contributed by atoms with van der Waals surface area (Å²) in [5.74, 6) is 1.05. The lowest BCUT2D eigenvalue weighted by molar-refractivity contribution is -0.120. The molecule has 0 bridgehead atoms. The van der Waals surface area contributed by atoms with Gasteiger partial charge in [-0.2, -0.15) is 0 Å². The molecule has 6 heteroatoms. The van der Waals surface area contributed by atoms with Crippen LogP contribution in [0.3, 0.4) is 0 Å². The Hall–Kier alpha value is -3.64. The van der Waals surface area contributed by atoms with E-state index in [0.717, 1.165) is 54.8 Å². The van der Waals surface area contributed by atoms with Gasteiger partial charge < -0.3 is 20.4 Å². The zero-order valence-corrected chi connectivity index (χ0v) is 24.2. The number of carbonyl (C=O) groups excluding carboxylic acids is 1. The van der Waals surface area contributed by atoms with E-state index >= 15 is 0 Å². The fourth-order valence-electron chi connectivity index (χ4n) is 5.40. The van der Waals surface area contributed by atoms with E-state index in [0.29, 0.717) is 11.5 Å². The summed E-state index contributed by atoms with van der Waals surface area (Å²) in [5, 5.41) is 1.12. The number of piperidine rings is 1. The number of carbonyl (C=O) groups is 1. The van der Waals surface area contributed by atoms with Gasteiger partial charge in [-0.05, 0) is 99.6 Å². The third kappa shape index (κ3) is 7.30. The number of nitrogens with zero attached hydrogens (tertiary/aromatic N) is 1. The van der Waals surface area contributed by atoms with Crippen molar-refractivity contribution in [3.8, 4) is 17.0 Å². The van der Waals surface area contributed by atoms with Crippen molar-refractivity contribution in [1.29, 1.82) is 0 Å². The number of halogens is 1. The monoisotopic (exact) mass is 543 g/mol. The van der Waals surface area contributed by atoms with Gasteiger partial charge in [-0.15, -0.1) is 0 Å². The van der Waals surface area contributed by atoms with Crippen LogP contribution in [0.1, 0.15) is 55.7 Å². The van der Waals surface area contributed by atoms with Crippen LogP contribution in [0.4, 0.5) is 4.39 Å². The highest BCUT2D eigenvalue weighted by atomic mass is 19.1. The van der Waals surface area contributed by atoms with Gasteiger partial charge in [0.05, 0.1) is 12.8 Å². The molecule has 5 rings (SSSR count). The largest absolute Gasteiger partial charge is 0.497 e. The van der Waals surface area contributed by atoms with Crippen molar-refractivity contribution in [3.63, 3.8) is 0 Å². The fourth-order valence-corrected chi connectivity index (χ4v) is 5.40. The molecular formula is C34H42FN3O2. The van der Waals surface area contributed by atoms with Gasteiger partial charge >= 0.3 is 0 Å². The standard InChI is InChI=1S/C30H33FN2O.C4H9NO/c1-21-7-5-8-23(19-21)22-14-17-33(18-15-22)16-6-10-25-27-20-24(34-2)12-13-29(27)32-30(25)26-9-3-4-11-28(26)31;1-3(2)4(5)6/h3-5,7-9,11-13,19-20,22,32H,6,10,14-18H2,1-2H3;3H,1-2H3,(H2,5,6). The Labute approximate surface area is 237 Å². The van der Waals surface area contributed by atoms with E-state index in [1.807, 2.05) is 24.3 Å². The quantitative estimate of drug-likeness (QED) is 0.246. The van der Waals surface area contributed by atoms with Crippen LogP contribution < -0.4 is 10.5 Å². The molecule has 4 aromatic rings. The maximum atomic E-state index is 14.7. The predicted octanol–water partition coefficient (Wildman–Crippen LogP) is 7.23. The third-order valence-corrected chi connectivity index (χ3v) is 7.83. The number of methoxy groups -OCH3 is 1. The Balaban J connectivity index is 0.000000557. The summed E-state index contributed by atoms with van der Waals surface area (Å²) in [6.07, 6.45) is 4.37. The van der Waals surface area contributed by atoms with Crippen molar-refractivity contribution in [2.75, 3.05) is 26.7 Å². The van der Waals surface area contributed by atoms with E-state index in [4.69, 9.17) is 10.5 Å². The molecule has 0 saturated carbocycles. The summed E-state index contributed by atoms with van der Waals surface area (Å²) in [7, 11) is 1.69. The van der Waals surface area contributed by atoms with Gasteiger partial charge in [-0.25, -0.2) is 4.39 Å². The van der Waals surface area contributed by atoms with Gasteiger partial charge in [0, 0.05) is 22.4 Å². The van der Waals surface area contributed by atoms with Crippen molar-refractivity contribution in [2.45, 2.75) is 52.4 Å². The number of likely N-dealkylation sites (tertiary alicyclic amines) is 1. The van der Waals surface area contributed by atoms with Crippen molar-refractivity contribution in [3.05, 3.63) is 89.2 Å². The minimum absolute atomic E-state index is 0.00926. The maximum Gasteiger partial charge on any atom is 0.219 e. The number of aryl methyl sites for hydroxylation is 2. The third-order valence-electron chi connectivity index (χ3n) is 7.83. The Bertz CT molecular complexity index is 1420. The van der Waals surface area contributed by atoms with Crippen LogP contribution in [0.2, 0.25) is 0 Å². The fraction of sp³-hybridized carbons (Fsp3) is 0.382. The maximum absolute atomic E-state index is 14.7. The number of nitrogens with one attached hydrogen (secondary N) is 1. The number of aromatic nitrogens is 1. The molecule has 40 heavy (non-hydrogen) atoms. The van der Waals surface area contributed by atoms with Gasteiger partial charge in [-0.1, -0.05) is 55.8 Å². The van der Waals surface area contributed by atoms with Gasteiger partial charge in [0.2, 0.25) is 5.91 Å². The zero-order chi connectivity index (χ0) is 28.6. The normalized spacial score (nSPS) is 14.2. The molecular weight excluding hydrogens is 501 g/mol. The minimum atomic E-state index is -0.241. The van der Waals surface area contributed by atoms with Crippen molar-refractivity contribution < 1.29 is 13.9 Å². The molecule has 3 aromatic carbocycles. The van der Waals surface area contributed by atoms with Crippen LogP contribution in [-0.2, 0) is 11.2 Å². The molecule has 1 aromatic heterocycles. The average molecular weight is 544 g/mol. The number of amides is 1. The van der Waals surface area contributed by atoms with Gasteiger partial charge in [0.25, 0.3) is 0 Å². The Kier molecular flexibility index (Phi) is 9.99. The highest BCUT2D eigenvalue weighted by molar-refractivity contribution is 5.91. The van der Waals surface area contributed by atoms with Crippen LogP contribution in [-0.4, -0.2) is 42.5 Å². The molecule has 0 atom stereocenters. The topological polar surface area (TPSA) is 71.4 Å². The number of nitrogens with two attached hydrogens (primary N) is 1. The SMILES string of the molecule is CC(C)C(N)=O.COc1ccc2[nH]c(-c3ccccc3F)c(CCCN3CCC(c4cccc(C)c4)CC3)c2c1. The van der Waals surface area contributed by atoms with E-state index in [2.05, 4.69) is 47.1 Å². The van der Waals surface area contributed by atoms with Crippen molar-refractivity contribution in [2.24, 2.45) is 11.7 Å². The first-order valence-corrected chi connectivity index (χ1v) is 14.3. The summed E-state index contributed by atoms with van der Waals surface area (Å²) in [6, 6.07) is 22.0. The lowest BCUT2D eigenvalue weighted by Crippen LogP contribution is -2.33. The van der Waals surface area contributed by atoms with Gasteiger partial charge in [0.1, 0.15) is 11.6 Å². The second kappa shape index (κ2) is 13.6. The summed E-state index contributed by atoms with van der Waals surface area (Å²) in [6.45, 7) is 9.05. The first-order chi connectivity index (χ1) is 19.3. The second-order valence-corrected chi connectivity index (χ2v) is 11.1. The Morgan fingerprint density at radius 2 is 1.80 bits per heavy atom. The molecule has 0 aliphatic carbocycles.